The second kappa shape index (κ2) is 8.19. The van der Waals surface area contributed by atoms with Crippen molar-refractivity contribution in [3.05, 3.63) is 64.7 Å². The number of alkyl halides is 3. The van der Waals surface area contributed by atoms with Crippen LogP contribution in [0.2, 0.25) is 5.02 Å². The Kier molecular flexibility index (Phi) is 5.90. The Morgan fingerprint density at radius 2 is 1.93 bits per heavy atom. The van der Waals surface area contributed by atoms with Crippen molar-refractivity contribution < 1.29 is 18.0 Å². The predicted octanol–water partition coefficient (Wildman–Crippen LogP) is 4.35. The number of amides is 1. The number of aromatic nitrogens is 4. The van der Waals surface area contributed by atoms with E-state index in [0.717, 1.165) is 30.0 Å². The van der Waals surface area contributed by atoms with Gasteiger partial charge < -0.3 is 5.32 Å². The van der Waals surface area contributed by atoms with Gasteiger partial charge in [-0.1, -0.05) is 53.7 Å². The Bertz CT molecular complexity index is 980. The molecule has 0 unspecified atom stereocenters. The summed E-state index contributed by atoms with van der Waals surface area (Å²) in [4.78, 5) is 12.9. The first-order chi connectivity index (χ1) is 13.3. The normalized spacial score (nSPS) is 12.6. The molecule has 0 bridgehead atoms. The molecular weight excluding hydrogens is 415 g/mol. The van der Waals surface area contributed by atoms with Gasteiger partial charge in [-0.25, -0.2) is 4.68 Å². The van der Waals surface area contributed by atoms with E-state index in [4.69, 9.17) is 11.6 Å². The van der Waals surface area contributed by atoms with Gasteiger partial charge in [-0.3, -0.25) is 4.79 Å². The molecule has 0 fully saturated rings. The van der Waals surface area contributed by atoms with Gasteiger partial charge in [0.2, 0.25) is 11.1 Å². The van der Waals surface area contributed by atoms with E-state index in [9.17, 15) is 18.0 Å². The lowest BCUT2D eigenvalue weighted by Gasteiger charge is -2.17. The van der Waals surface area contributed by atoms with E-state index in [1.165, 1.54) is 4.68 Å². The molecule has 1 N–H and O–H groups in total. The van der Waals surface area contributed by atoms with Crippen molar-refractivity contribution in [2.24, 2.45) is 7.05 Å². The van der Waals surface area contributed by atoms with Gasteiger partial charge in [0.1, 0.15) is 5.25 Å². The van der Waals surface area contributed by atoms with E-state index >= 15 is 0 Å². The molecule has 1 aromatic heterocycles. The molecule has 0 saturated heterocycles. The zero-order chi connectivity index (χ0) is 20.3. The van der Waals surface area contributed by atoms with Crippen molar-refractivity contribution in [3.8, 4) is 0 Å². The van der Waals surface area contributed by atoms with Crippen molar-refractivity contribution in [3.63, 3.8) is 0 Å². The molecule has 3 rings (SSSR count). The molecule has 2 aromatic carbocycles. The quantitative estimate of drug-likeness (QED) is 0.613. The van der Waals surface area contributed by atoms with Crippen LogP contribution in [0, 0.1) is 0 Å². The molecule has 0 saturated carbocycles. The van der Waals surface area contributed by atoms with Crippen LogP contribution in [0.4, 0.5) is 18.9 Å². The molecule has 0 spiro atoms. The maximum absolute atomic E-state index is 13.0. The number of thioether (sulfide) groups is 1. The summed E-state index contributed by atoms with van der Waals surface area (Å²) in [5, 5.41) is 13.1. The lowest BCUT2D eigenvalue weighted by atomic mass is 10.1. The van der Waals surface area contributed by atoms with Gasteiger partial charge in [-0.05, 0) is 34.2 Å². The molecule has 146 valence electrons. The van der Waals surface area contributed by atoms with Crippen molar-refractivity contribution >= 4 is 35.0 Å². The van der Waals surface area contributed by atoms with Gasteiger partial charge in [0.15, 0.2) is 0 Å². The summed E-state index contributed by atoms with van der Waals surface area (Å²) in [6, 6.07) is 11.5. The summed E-state index contributed by atoms with van der Waals surface area (Å²) in [5.41, 5.74) is -0.399. The van der Waals surface area contributed by atoms with Gasteiger partial charge in [0.05, 0.1) is 16.3 Å². The van der Waals surface area contributed by atoms with E-state index in [0.29, 0.717) is 10.7 Å². The Labute approximate surface area is 167 Å². The molecule has 0 radical (unpaired) electrons. The lowest BCUT2D eigenvalue weighted by Crippen LogP contribution is -2.20. The van der Waals surface area contributed by atoms with Crippen LogP contribution in [0.1, 0.15) is 16.4 Å². The molecule has 1 amide bonds. The number of aryl methyl sites for hydroxylation is 1. The summed E-state index contributed by atoms with van der Waals surface area (Å²) >= 11 is 7.05. The first kappa shape index (κ1) is 20.2. The zero-order valence-electron chi connectivity index (χ0n) is 14.3. The van der Waals surface area contributed by atoms with E-state index < -0.39 is 22.9 Å². The third-order valence-electron chi connectivity index (χ3n) is 3.70. The van der Waals surface area contributed by atoms with Crippen LogP contribution in [0.15, 0.2) is 53.7 Å². The maximum atomic E-state index is 13.0. The fourth-order valence-electron chi connectivity index (χ4n) is 2.32. The fraction of sp³-hybridized carbons (Fsp3) is 0.176. The summed E-state index contributed by atoms with van der Waals surface area (Å²) in [6.07, 6.45) is -4.55. The highest BCUT2D eigenvalue weighted by molar-refractivity contribution is 8.00. The topological polar surface area (TPSA) is 72.7 Å². The molecule has 1 heterocycles. The molecule has 0 aliphatic carbocycles. The van der Waals surface area contributed by atoms with Gasteiger partial charge in [-0.15, -0.1) is 5.10 Å². The number of halogens is 4. The fourth-order valence-corrected chi connectivity index (χ4v) is 3.43. The highest BCUT2D eigenvalue weighted by Crippen LogP contribution is 2.37. The Morgan fingerprint density at radius 3 is 2.54 bits per heavy atom. The Hall–Kier alpha value is -2.59. The molecular formula is C17H13ClF3N5OS. The lowest BCUT2D eigenvalue weighted by molar-refractivity contribution is -0.137. The molecule has 11 heteroatoms. The van der Waals surface area contributed by atoms with Gasteiger partial charge in [-0.2, -0.15) is 13.2 Å². The standard InChI is InChI=1S/C17H13ClF3N5OS/c1-26-16(23-24-25-26)28-14(10-5-3-2-4-6-10)15(27)22-13-9-11(17(19,20)21)7-8-12(13)18/h2-9,14H,1H3,(H,22,27)/t14-/m0/s1. The first-order valence-corrected chi connectivity index (χ1v) is 9.13. The van der Waals surface area contributed by atoms with Crippen LogP contribution in [0.3, 0.4) is 0 Å². The SMILES string of the molecule is Cn1nnnc1S[C@H](C(=O)Nc1cc(C(F)(F)F)ccc1Cl)c1ccccc1. The minimum atomic E-state index is -4.55. The minimum Gasteiger partial charge on any atom is -0.323 e. The highest BCUT2D eigenvalue weighted by atomic mass is 35.5. The maximum Gasteiger partial charge on any atom is 0.416 e. The van der Waals surface area contributed by atoms with E-state index in [2.05, 4.69) is 20.8 Å². The average molecular weight is 428 g/mol. The number of nitrogens with zero attached hydrogens (tertiary/aromatic N) is 4. The summed E-state index contributed by atoms with van der Waals surface area (Å²) in [7, 11) is 1.62. The van der Waals surface area contributed by atoms with Gasteiger partial charge in [0, 0.05) is 7.05 Å². The number of hydrogen-bond donors (Lipinski definition) is 1. The van der Waals surface area contributed by atoms with Crippen molar-refractivity contribution in [2.45, 2.75) is 16.6 Å². The largest absolute Gasteiger partial charge is 0.416 e. The van der Waals surface area contributed by atoms with E-state index in [-0.39, 0.29) is 10.7 Å². The van der Waals surface area contributed by atoms with Gasteiger partial charge >= 0.3 is 6.18 Å². The van der Waals surface area contributed by atoms with Crippen LogP contribution in [0.25, 0.3) is 0 Å². The van der Waals surface area contributed by atoms with Crippen LogP contribution in [-0.4, -0.2) is 26.1 Å². The predicted molar refractivity (Wildman–Crippen MR) is 98.9 cm³/mol. The second-order valence-electron chi connectivity index (χ2n) is 5.68. The van der Waals surface area contributed by atoms with Crippen molar-refractivity contribution in [1.82, 2.24) is 20.2 Å². The number of carbonyl (C=O) groups excluding carboxylic acids is 1. The van der Waals surface area contributed by atoms with Crippen molar-refractivity contribution in [2.75, 3.05) is 5.32 Å². The van der Waals surface area contributed by atoms with Crippen LogP contribution in [0.5, 0.6) is 0 Å². The first-order valence-electron chi connectivity index (χ1n) is 7.87. The second-order valence-corrected chi connectivity index (χ2v) is 7.15. The Morgan fingerprint density at radius 1 is 1.21 bits per heavy atom. The highest BCUT2D eigenvalue weighted by Gasteiger charge is 2.32. The molecule has 0 aliphatic rings. The summed E-state index contributed by atoms with van der Waals surface area (Å²) in [6.45, 7) is 0. The Balaban J connectivity index is 1.91. The number of anilines is 1. The number of hydrogen-bond acceptors (Lipinski definition) is 5. The monoisotopic (exact) mass is 427 g/mol. The molecule has 28 heavy (non-hydrogen) atoms. The number of rotatable bonds is 5. The number of carbonyl (C=O) groups is 1. The van der Waals surface area contributed by atoms with Crippen LogP contribution < -0.4 is 5.32 Å². The molecule has 3 aromatic rings. The van der Waals surface area contributed by atoms with Crippen LogP contribution >= 0.6 is 23.4 Å². The third-order valence-corrected chi connectivity index (χ3v) is 5.30. The minimum absolute atomic E-state index is 0.00140. The van der Waals surface area contributed by atoms with Gasteiger partial charge in [0.25, 0.3) is 0 Å². The number of tetrazole rings is 1. The average Bonchev–Trinajstić information content (AvgIpc) is 3.06. The summed E-state index contributed by atoms with van der Waals surface area (Å²) in [5.74, 6) is -0.555. The van der Waals surface area contributed by atoms with E-state index in [1.807, 2.05) is 0 Å². The van der Waals surface area contributed by atoms with Crippen LogP contribution in [-0.2, 0) is 18.0 Å². The summed E-state index contributed by atoms with van der Waals surface area (Å²) < 4.78 is 40.3. The third kappa shape index (κ3) is 4.63. The zero-order valence-corrected chi connectivity index (χ0v) is 15.9. The number of nitrogens with one attached hydrogen (secondary N) is 1. The molecule has 6 nitrogen and oxygen atoms in total. The molecule has 0 aliphatic heterocycles. The molecule has 1 atom stereocenters. The van der Waals surface area contributed by atoms with E-state index in [1.54, 1.807) is 37.4 Å². The smallest absolute Gasteiger partial charge is 0.323 e. The van der Waals surface area contributed by atoms with Crippen molar-refractivity contribution in [1.29, 1.82) is 0 Å². The number of benzene rings is 2.